The number of carbonyl (C=O) groups excluding carboxylic acids is 1. The van der Waals surface area contributed by atoms with Gasteiger partial charge in [0.05, 0.1) is 6.20 Å². The van der Waals surface area contributed by atoms with Crippen molar-refractivity contribution in [2.75, 3.05) is 36.4 Å². The zero-order chi connectivity index (χ0) is 23.1. The minimum absolute atomic E-state index is 0.289. The second-order valence-corrected chi connectivity index (χ2v) is 9.00. The van der Waals surface area contributed by atoms with Gasteiger partial charge < -0.3 is 10.2 Å². The molecule has 0 spiro atoms. The van der Waals surface area contributed by atoms with Crippen LogP contribution in [0.2, 0.25) is 0 Å². The lowest BCUT2D eigenvalue weighted by Crippen LogP contribution is -2.52. The zero-order valence-electron chi connectivity index (χ0n) is 19.1. The SMILES string of the molecule is Cc1ccc(-n2nc(N3CCN(C4CCC4)CC3)cc2NC(=O)c2cnn3cccnc23)nc1. The second kappa shape index (κ2) is 8.53. The molecule has 6 rings (SSSR count). The van der Waals surface area contributed by atoms with E-state index < -0.39 is 0 Å². The summed E-state index contributed by atoms with van der Waals surface area (Å²) in [6.45, 7) is 5.90. The van der Waals surface area contributed by atoms with Crippen molar-refractivity contribution in [3.05, 3.63) is 60.2 Å². The summed E-state index contributed by atoms with van der Waals surface area (Å²) in [5.74, 6) is 1.76. The number of hydrogen-bond donors (Lipinski definition) is 1. The molecular formula is C24H27N9O. The molecule has 0 unspecified atom stereocenters. The zero-order valence-corrected chi connectivity index (χ0v) is 19.1. The van der Waals surface area contributed by atoms with Gasteiger partial charge in [-0.2, -0.15) is 9.78 Å². The second-order valence-electron chi connectivity index (χ2n) is 9.00. The Labute approximate surface area is 197 Å². The van der Waals surface area contributed by atoms with E-state index in [1.165, 1.54) is 25.5 Å². The minimum atomic E-state index is -0.289. The van der Waals surface area contributed by atoms with Crippen LogP contribution in [-0.2, 0) is 0 Å². The molecule has 1 aliphatic carbocycles. The van der Waals surface area contributed by atoms with Crippen LogP contribution in [0.25, 0.3) is 11.5 Å². The maximum Gasteiger partial charge on any atom is 0.262 e. The number of amides is 1. The van der Waals surface area contributed by atoms with Crippen LogP contribution in [0.4, 0.5) is 11.6 Å². The quantitative estimate of drug-likeness (QED) is 0.492. The Balaban J connectivity index is 1.29. The van der Waals surface area contributed by atoms with E-state index in [1.807, 2.05) is 25.1 Å². The molecule has 1 amide bonds. The molecule has 5 heterocycles. The fraction of sp³-hybridized carbons (Fsp3) is 0.375. The van der Waals surface area contributed by atoms with Crippen molar-refractivity contribution in [2.45, 2.75) is 32.2 Å². The molecule has 0 atom stereocenters. The van der Waals surface area contributed by atoms with Crippen molar-refractivity contribution < 1.29 is 4.79 Å². The van der Waals surface area contributed by atoms with Gasteiger partial charge in [0, 0.05) is 56.9 Å². The Kier molecular flexibility index (Phi) is 5.21. The Bertz CT molecular complexity index is 1310. The number of hydrogen-bond acceptors (Lipinski definition) is 7. The third-order valence-corrected chi connectivity index (χ3v) is 6.80. The number of nitrogens with one attached hydrogen (secondary N) is 1. The van der Waals surface area contributed by atoms with Crippen LogP contribution in [0.1, 0.15) is 35.2 Å². The topological polar surface area (TPSA) is 96.5 Å². The number of carbonyl (C=O) groups is 1. The molecule has 10 nitrogen and oxygen atoms in total. The van der Waals surface area contributed by atoms with Crippen LogP contribution in [-0.4, -0.2) is 72.4 Å². The van der Waals surface area contributed by atoms with Crippen molar-refractivity contribution in [3.63, 3.8) is 0 Å². The molecule has 1 saturated carbocycles. The average Bonchev–Trinajstić information content (AvgIpc) is 3.44. The Hall–Kier alpha value is -3.79. The molecular weight excluding hydrogens is 430 g/mol. The van der Waals surface area contributed by atoms with E-state index in [-0.39, 0.29) is 5.91 Å². The van der Waals surface area contributed by atoms with E-state index in [0.29, 0.717) is 22.8 Å². The van der Waals surface area contributed by atoms with E-state index >= 15 is 0 Å². The molecule has 0 aromatic carbocycles. The van der Waals surface area contributed by atoms with Gasteiger partial charge in [-0.1, -0.05) is 12.5 Å². The molecule has 174 valence electrons. The van der Waals surface area contributed by atoms with Crippen molar-refractivity contribution in [3.8, 4) is 5.82 Å². The summed E-state index contributed by atoms with van der Waals surface area (Å²) in [6.07, 6.45) is 10.7. The maximum atomic E-state index is 13.2. The predicted octanol–water partition coefficient (Wildman–Crippen LogP) is 2.55. The van der Waals surface area contributed by atoms with Gasteiger partial charge in [-0.05, 0) is 37.5 Å². The third-order valence-electron chi connectivity index (χ3n) is 6.80. The van der Waals surface area contributed by atoms with Crippen molar-refractivity contribution in [1.82, 2.24) is 34.3 Å². The lowest BCUT2D eigenvalue weighted by Gasteiger charge is -2.43. The predicted molar refractivity (Wildman–Crippen MR) is 128 cm³/mol. The van der Waals surface area contributed by atoms with Gasteiger partial charge in [0.25, 0.3) is 5.91 Å². The van der Waals surface area contributed by atoms with E-state index in [4.69, 9.17) is 5.10 Å². The van der Waals surface area contributed by atoms with Crippen molar-refractivity contribution >= 4 is 23.2 Å². The Morgan fingerprint density at radius 3 is 2.65 bits per heavy atom. The van der Waals surface area contributed by atoms with Crippen LogP contribution in [0, 0.1) is 6.92 Å². The van der Waals surface area contributed by atoms with E-state index in [1.54, 1.807) is 33.9 Å². The fourth-order valence-corrected chi connectivity index (χ4v) is 4.61. The summed E-state index contributed by atoms with van der Waals surface area (Å²) < 4.78 is 3.28. The highest BCUT2D eigenvalue weighted by Crippen LogP contribution is 2.28. The lowest BCUT2D eigenvalue weighted by molar-refractivity contribution is 0.102. The van der Waals surface area contributed by atoms with E-state index in [0.717, 1.165) is 43.6 Å². The van der Waals surface area contributed by atoms with Gasteiger partial charge in [-0.3, -0.25) is 9.69 Å². The van der Waals surface area contributed by atoms with E-state index in [2.05, 4.69) is 30.2 Å². The van der Waals surface area contributed by atoms with Crippen LogP contribution in [0.15, 0.2) is 49.1 Å². The first-order valence-electron chi connectivity index (χ1n) is 11.8. The van der Waals surface area contributed by atoms with Crippen LogP contribution in [0.3, 0.4) is 0 Å². The fourth-order valence-electron chi connectivity index (χ4n) is 4.61. The summed E-state index contributed by atoms with van der Waals surface area (Å²) in [5, 5.41) is 12.1. The number of anilines is 2. The molecule has 0 radical (unpaired) electrons. The first-order valence-corrected chi connectivity index (χ1v) is 11.8. The smallest absolute Gasteiger partial charge is 0.262 e. The van der Waals surface area contributed by atoms with E-state index in [9.17, 15) is 4.79 Å². The van der Waals surface area contributed by atoms with Crippen LogP contribution < -0.4 is 10.2 Å². The Morgan fingerprint density at radius 2 is 1.91 bits per heavy atom. The largest absolute Gasteiger partial charge is 0.353 e. The summed E-state index contributed by atoms with van der Waals surface area (Å²) in [5.41, 5.74) is 1.97. The van der Waals surface area contributed by atoms with Gasteiger partial charge in [0.2, 0.25) is 0 Å². The molecule has 10 heteroatoms. The van der Waals surface area contributed by atoms with Crippen molar-refractivity contribution in [1.29, 1.82) is 0 Å². The number of rotatable bonds is 5. The van der Waals surface area contributed by atoms with Gasteiger partial charge >= 0.3 is 0 Å². The summed E-state index contributed by atoms with van der Waals surface area (Å²) in [7, 11) is 0. The van der Waals surface area contributed by atoms with Crippen LogP contribution >= 0.6 is 0 Å². The molecule has 4 aromatic heterocycles. The number of aryl methyl sites for hydroxylation is 1. The first kappa shape index (κ1) is 20.8. The summed E-state index contributed by atoms with van der Waals surface area (Å²) >= 11 is 0. The summed E-state index contributed by atoms with van der Waals surface area (Å²) in [6, 6.07) is 8.36. The van der Waals surface area contributed by atoms with Gasteiger partial charge in [-0.25, -0.2) is 14.5 Å². The average molecular weight is 458 g/mol. The van der Waals surface area contributed by atoms with Gasteiger partial charge in [-0.15, -0.1) is 5.10 Å². The Morgan fingerprint density at radius 1 is 1.06 bits per heavy atom. The first-order chi connectivity index (χ1) is 16.7. The highest BCUT2D eigenvalue weighted by Gasteiger charge is 2.29. The number of nitrogens with zero attached hydrogens (tertiary/aromatic N) is 8. The van der Waals surface area contributed by atoms with Crippen LogP contribution in [0.5, 0.6) is 0 Å². The molecule has 2 fully saturated rings. The maximum absolute atomic E-state index is 13.2. The highest BCUT2D eigenvalue weighted by atomic mass is 16.1. The highest BCUT2D eigenvalue weighted by molar-refractivity contribution is 6.08. The minimum Gasteiger partial charge on any atom is -0.353 e. The number of fused-ring (bicyclic) bond motifs is 1. The molecule has 34 heavy (non-hydrogen) atoms. The normalized spacial score (nSPS) is 17.1. The third kappa shape index (κ3) is 3.79. The molecule has 1 aliphatic heterocycles. The van der Waals surface area contributed by atoms with Gasteiger partial charge in [0.1, 0.15) is 11.4 Å². The molecule has 1 saturated heterocycles. The number of pyridine rings is 1. The molecule has 4 aromatic rings. The lowest BCUT2D eigenvalue weighted by atomic mass is 9.91. The summed E-state index contributed by atoms with van der Waals surface area (Å²) in [4.78, 5) is 26.9. The molecule has 1 N–H and O–H groups in total. The molecule has 0 bridgehead atoms. The number of aromatic nitrogens is 6. The number of piperazine rings is 1. The monoisotopic (exact) mass is 457 g/mol. The molecule has 2 aliphatic rings. The van der Waals surface area contributed by atoms with Gasteiger partial charge in [0.15, 0.2) is 17.3 Å². The standard InChI is InChI=1S/C24H27N9O/c1-17-6-7-20(26-15-17)33-21(28-24(34)19-16-27-32-9-3-8-25-23(19)32)14-22(29-33)31-12-10-30(11-13-31)18-4-2-5-18/h3,6-9,14-16,18H,2,4-5,10-13H2,1H3,(H,28,34). The van der Waals surface area contributed by atoms with Crippen molar-refractivity contribution in [2.24, 2.45) is 0 Å².